The summed E-state index contributed by atoms with van der Waals surface area (Å²) in [5, 5.41) is 2.92. The molecule has 0 aromatic heterocycles. The highest BCUT2D eigenvalue weighted by molar-refractivity contribution is 7.92. The first-order chi connectivity index (χ1) is 19.1. The molecule has 0 fully saturated rings. The molecule has 2 atom stereocenters. The lowest BCUT2D eigenvalue weighted by Crippen LogP contribution is -2.52. The molecule has 40 heavy (non-hydrogen) atoms. The second-order valence-corrected chi connectivity index (χ2v) is 11.2. The van der Waals surface area contributed by atoms with Gasteiger partial charge in [-0.15, -0.1) is 0 Å². The van der Waals surface area contributed by atoms with E-state index in [1.165, 1.54) is 24.1 Å². The Hall–Kier alpha value is -4.05. The predicted octanol–water partition coefficient (Wildman–Crippen LogP) is 4.23. The number of benzene rings is 3. The van der Waals surface area contributed by atoms with Gasteiger partial charge in [0.1, 0.15) is 24.1 Å². The van der Waals surface area contributed by atoms with Gasteiger partial charge in [-0.1, -0.05) is 49.4 Å². The van der Waals surface area contributed by atoms with E-state index in [1.54, 1.807) is 74.7 Å². The van der Waals surface area contributed by atoms with E-state index < -0.39 is 28.5 Å². The van der Waals surface area contributed by atoms with Gasteiger partial charge in [-0.2, -0.15) is 0 Å². The van der Waals surface area contributed by atoms with Gasteiger partial charge in [0.25, 0.3) is 10.0 Å². The van der Waals surface area contributed by atoms with Gasteiger partial charge in [0.15, 0.2) is 0 Å². The molecule has 0 spiro atoms. The zero-order chi connectivity index (χ0) is 29.3. The van der Waals surface area contributed by atoms with E-state index in [1.807, 2.05) is 19.9 Å². The third-order valence-corrected chi connectivity index (χ3v) is 8.39. The number of nitrogens with one attached hydrogen (secondary N) is 1. The van der Waals surface area contributed by atoms with Gasteiger partial charge in [-0.05, 0) is 62.2 Å². The number of nitrogens with zero attached hydrogens (tertiary/aromatic N) is 2. The minimum Gasteiger partial charge on any atom is -0.497 e. The summed E-state index contributed by atoms with van der Waals surface area (Å²) < 4.78 is 39.6. The zero-order valence-corrected chi connectivity index (χ0v) is 24.4. The number of sulfonamides is 1. The van der Waals surface area contributed by atoms with E-state index in [-0.39, 0.29) is 34.8 Å². The summed E-state index contributed by atoms with van der Waals surface area (Å²) in [7, 11) is -1.20. The molecular formula is C30H37N3O6S. The maximum Gasteiger partial charge on any atom is 0.264 e. The smallest absolute Gasteiger partial charge is 0.264 e. The quantitative estimate of drug-likeness (QED) is 0.332. The number of amides is 2. The third kappa shape index (κ3) is 7.32. The molecule has 0 radical (unpaired) electrons. The lowest BCUT2D eigenvalue weighted by atomic mass is 10.1. The maximum atomic E-state index is 14.0. The number of rotatable bonds is 13. The molecule has 3 rings (SSSR count). The van der Waals surface area contributed by atoms with Crippen LogP contribution >= 0.6 is 0 Å². The molecule has 0 bridgehead atoms. The van der Waals surface area contributed by atoms with Crippen LogP contribution in [0, 0.1) is 0 Å². The Bertz CT molecular complexity index is 1400. The van der Waals surface area contributed by atoms with Gasteiger partial charge in [0, 0.05) is 12.6 Å². The predicted molar refractivity (Wildman–Crippen MR) is 155 cm³/mol. The Labute approximate surface area is 236 Å². The van der Waals surface area contributed by atoms with Crippen molar-refractivity contribution in [3.63, 3.8) is 0 Å². The van der Waals surface area contributed by atoms with E-state index in [0.29, 0.717) is 5.75 Å². The zero-order valence-electron chi connectivity index (χ0n) is 23.5. The fourth-order valence-corrected chi connectivity index (χ4v) is 5.53. The monoisotopic (exact) mass is 567 g/mol. The van der Waals surface area contributed by atoms with Gasteiger partial charge in [-0.3, -0.25) is 13.9 Å². The van der Waals surface area contributed by atoms with E-state index in [0.717, 1.165) is 16.3 Å². The van der Waals surface area contributed by atoms with Gasteiger partial charge >= 0.3 is 0 Å². The Morgan fingerprint density at radius 2 is 1.57 bits per heavy atom. The van der Waals surface area contributed by atoms with Crippen LogP contribution in [0.2, 0.25) is 0 Å². The van der Waals surface area contributed by atoms with Crippen molar-refractivity contribution in [3.8, 4) is 11.5 Å². The molecule has 2 amide bonds. The Morgan fingerprint density at radius 1 is 0.900 bits per heavy atom. The Kier molecular flexibility index (Phi) is 10.6. The highest BCUT2D eigenvalue weighted by Gasteiger charge is 2.33. The van der Waals surface area contributed by atoms with Crippen molar-refractivity contribution < 1.29 is 27.5 Å². The van der Waals surface area contributed by atoms with E-state index >= 15 is 0 Å². The van der Waals surface area contributed by atoms with Gasteiger partial charge in [-0.25, -0.2) is 8.42 Å². The van der Waals surface area contributed by atoms with Gasteiger partial charge < -0.3 is 19.7 Å². The van der Waals surface area contributed by atoms with Crippen LogP contribution in [0.25, 0.3) is 0 Å². The number of carbonyl (C=O) groups excluding carboxylic acids is 2. The van der Waals surface area contributed by atoms with Crippen LogP contribution in [0.3, 0.4) is 0 Å². The summed E-state index contributed by atoms with van der Waals surface area (Å²) in [6.07, 6.45) is 0.721. The number of hydrogen-bond donors (Lipinski definition) is 1. The molecule has 1 N–H and O–H groups in total. The molecule has 214 valence electrons. The van der Waals surface area contributed by atoms with E-state index in [2.05, 4.69) is 5.32 Å². The standard InChI is InChI=1S/C30H37N3O6S/c1-6-22(2)31-30(35)23(3)32(20-24-13-12-14-25(19-24)38-4)29(34)21-33(27-17-10-11-18-28(27)39-5)40(36,37)26-15-8-7-9-16-26/h7-19,22-23H,6,20-21H2,1-5H3,(H,31,35). The van der Waals surface area contributed by atoms with Crippen molar-refractivity contribution >= 4 is 27.5 Å². The number of hydrogen-bond acceptors (Lipinski definition) is 6. The summed E-state index contributed by atoms with van der Waals surface area (Å²) in [5.74, 6) is 0.000939. The fraction of sp³-hybridized carbons (Fsp3) is 0.333. The topological polar surface area (TPSA) is 105 Å². The minimum atomic E-state index is -4.18. The van der Waals surface area contributed by atoms with Crippen LogP contribution in [-0.4, -0.2) is 58.0 Å². The molecule has 0 heterocycles. The first kappa shape index (κ1) is 30.5. The van der Waals surface area contributed by atoms with E-state index in [4.69, 9.17) is 9.47 Å². The fourth-order valence-electron chi connectivity index (χ4n) is 4.08. The lowest BCUT2D eigenvalue weighted by molar-refractivity contribution is -0.139. The van der Waals surface area contributed by atoms with Crippen LogP contribution in [0.4, 0.5) is 5.69 Å². The molecule has 0 aliphatic heterocycles. The van der Waals surface area contributed by atoms with Gasteiger partial charge in [0.05, 0.1) is 24.8 Å². The maximum absolute atomic E-state index is 14.0. The third-order valence-electron chi connectivity index (χ3n) is 6.62. The largest absolute Gasteiger partial charge is 0.497 e. The molecule has 10 heteroatoms. The number of anilines is 1. The molecule has 0 saturated heterocycles. The van der Waals surface area contributed by atoms with Crippen molar-refractivity contribution in [2.75, 3.05) is 25.1 Å². The Morgan fingerprint density at radius 3 is 2.23 bits per heavy atom. The van der Waals surface area contributed by atoms with Gasteiger partial charge in [0.2, 0.25) is 11.8 Å². The lowest BCUT2D eigenvalue weighted by Gasteiger charge is -2.32. The molecule has 0 aliphatic carbocycles. The molecule has 0 aliphatic rings. The number of carbonyl (C=O) groups is 2. The number of ether oxygens (including phenoxy) is 2. The average Bonchev–Trinajstić information content (AvgIpc) is 2.98. The summed E-state index contributed by atoms with van der Waals surface area (Å²) >= 11 is 0. The molecular weight excluding hydrogens is 530 g/mol. The summed E-state index contributed by atoms with van der Waals surface area (Å²) in [6, 6.07) is 20.7. The second kappa shape index (κ2) is 13.8. The summed E-state index contributed by atoms with van der Waals surface area (Å²) in [4.78, 5) is 28.6. The first-order valence-electron chi connectivity index (χ1n) is 13.1. The van der Waals surface area contributed by atoms with Crippen LogP contribution in [-0.2, 0) is 26.2 Å². The number of methoxy groups -OCH3 is 2. The first-order valence-corrected chi connectivity index (χ1v) is 14.5. The summed E-state index contributed by atoms with van der Waals surface area (Å²) in [5.41, 5.74) is 0.936. The normalized spacial score (nSPS) is 12.6. The molecule has 9 nitrogen and oxygen atoms in total. The minimum absolute atomic E-state index is 0.0237. The van der Waals surface area contributed by atoms with E-state index in [9.17, 15) is 18.0 Å². The van der Waals surface area contributed by atoms with Crippen molar-refractivity contribution in [1.82, 2.24) is 10.2 Å². The molecule has 3 aromatic rings. The van der Waals surface area contributed by atoms with Crippen LogP contribution in [0.15, 0.2) is 83.8 Å². The van der Waals surface area contributed by atoms with Crippen molar-refractivity contribution in [1.29, 1.82) is 0 Å². The average molecular weight is 568 g/mol. The second-order valence-electron chi connectivity index (χ2n) is 9.36. The van der Waals surface area contributed by atoms with Crippen molar-refractivity contribution in [2.24, 2.45) is 0 Å². The van der Waals surface area contributed by atoms with Crippen LogP contribution in [0.5, 0.6) is 11.5 Å². The molecule has 3 aromatic carbocycles. The number of para-hydroxylation sites is 2. The SMILES string of the molecule is CCC(C)NC(=O)C(C)N(Cc1cccc(OC)c1)C(=O)CN(c1ccccc1OC)S(=O)(=O)c1ccccc1. The Balaban J connectivity index is 2.06. The highest BCUT2D eigenvalue weighted by atomic mass is 32.2. The van der Waals surface area contributed by atoms with Crippen molar-refractivity contribution in [2.45, 2.75) is 50.7 Å². The molecule has 0 saturated carbocycles. The molecule has 2 unspecified atom stereocenters. The van der Waals surface area contributed by atoms with Crippen LogP contribution < -0.4 is 19.1 Å². The highest BCUT2D eigenvalue weighted by Crippen LogP contribution is 2.32. The van der Waals surface area contributed by atoms with Crippen LogP contribution in [0.1, 0.15) is 32.8 Å². The summed E-state index contributed by atoms with van der Waals surface area (Å²) in [6.45, 7) is 4.98. The van der Waals surface area contributed by atoms with Crippen molar-refractivity contribution in [3.05, 3.63) is 84.4 Å².